The number of benzene rings is 1. The Bertz CT molecular complexity index is 471. The van der Waals surface area contributed by atoms with Crippen molar-refractivity contribution in [2.45, 2.75) is 17.7 Å². The quantitative estimate of drug-likeness (QED) is 0.792. The zero-order valence-electron chi connectivity index (χ0n) is 11.4. The van der Waals surface area contributed by atoms with E-state index in [1.165, 1.54) is 4.31 Å². The van der Waals surface area contributed by atoms with E-state index in [1.54, 1.807) is 30.9 Å². The summed E-state index contributed by atoms with van der Waals surface area (Å²) in [5.74, 6) is 0.782. The summed E-state index contributed by atoms with van der Waals surface area (Å²) in [6.07, 6.45) is 3.41. The fourth-order valence-corrected chi connectivity index (χ4v) is 3.37. The van der Waals surface area contributed by atoms with Gasteiger partial charge in [-0.05, 0) is 36.8 Å². The van der Waals surface area contributed by atoms with Crippen LogP contribution in [0.4, 0.5) is 0 Å². The molecule has 1 aromatic carbocycles. The number of sulfonamides is 1. The van der Waals surface area contributed by atoms with E-state index in [0.29, 0.717) is 17.9 Å². The van der Waals surface area contributed by atoms with E-state index in [4.69, 9.17) is 5.11 Å². The first kappa shape index (κ1) is 16.5. The Hall–Kier alpha value is -0.560. The van der Waals surface area contributed by atoms with Gasteiger partial charge in [-0.15, -0.1) is 0 Å². The third-order valence-corrected chi connectivity index (χ3v) is 5.33. The van der Waals surface area contributed by atoms with E-state index in [0.717, 1.165) is 17.7 Å². The molecule has 0 amide bonds. The highest BCUT2D eigenvalue weighted by Gasteiger charge is 2.19. The number of hydrogen-bond donors (Lipinski definition) is 1. The fraction of sp³-hybridized carbons (Fsp3) is 0.538. The van der Waals surface area contributed by atoms with Crippen molar-refractivity contribution < 1.29 is 13.5 Å². The van der Waals surface area contributed by atoms with Crippen molar-refractivity contribution in [3.8, 4) is 0 Å². The molecule has 0 saturated carbocycles. The normalized spacial score (nSPS) is 12.0. The summed E-state index contributed by atoms with van der Waals surface area (Å²) in [5.41, 5.74) is 1.04. The monoisotopic (exact) mass is 303 g/mol. The van der Waals surface area contributed by atoms with Crippen LogP contribution in [0.1, 0.15) is 12.0 Å². The van der Waals surface area contributed by atoms with Gasteiger partial charge >= 0.3 is 0 Å². The number of hydrogen-bond acceptors (Lipinski definition) is 4. The zero-order valence-corrected chi connectivity index (χ0v) is 13.0. The first-order chi connectivity index (χ1) is 9.02. The SMILES string of the molecule is CSCCN(C)S(=O)(=O)c1ccc(CCCO)cc1. The van der Waals surface area contributed by atoms with Gasteiger partial charge in [-0.2, -0.15) is 11.8 Å². The topological polar surface area (TPSA) is 57.6 Å². The number of rotatable bonds is 8. The lowest BCUT2D eigenvalue weighted by Gasteiger charge is -2.16. The minimum atomic E-state index is -3.38. The first-order valence-corrected chi connectivity index (χ1v) is 9.01. The Morgan fingerprint density at radius 1 is 1.26 bits per heavy atom. The van der Waals surface area contributed by atoms with Crippen LogP contribution in [-0.2, 0) is 16.4 Å². The van der Waals surface area contributed by atoms with Crippen molar-refractivity contribution in [3.63, 3.8) is 0 Å². The Morgan fingerprint density at radius 2 is 1.89 bits per heavy atom. The van der Waals surface area contributed by atoms with Crippen LogP contribution >= 0.6 is 11.8 Å². The Labute approximate surface area is 119 Å². The molecule has 0 radical (unpaired) electrons. The van der Waals surface area contributed by atoms with E-state index >= 15 is 0 Å². The van der Waals surface area contributed by atoms with E-state index in [1.807, 2.05) is 18.4 Å². The summed E-state index contributed by atoms with van der Waals surface area (Å²) in [6, 6.07) is 6.89. The molecule has 0 aliphatic carbocycles. The molecule has 0 unspecified atom stereocenters. The van der Waals surface area contributed by atoms with Gasteiger partial charge in [0.25, 0.3) is 0 Å². The number of nitrogens with zero attached hydrogens (tertiary/aromatic N) is 1. The summed E-state index contributed by atoms with van der Waals surface area (Å²) in [7, 11) is -1.78. The van der Waals surface area contributed by atoms with Crippen LogP contribution in [-0.4, -0.2) is 50.0 Å². The molecule has 4 nitrogen and oxygen atoms in total. The lowest BCUT2D eigenvalue weighted by atomic mass is 10.1. The molecule has 108 valence electrons. The Kier molecular flexibility index (Phi) is 6.85. The summed E-state index contributed by atoms with van der Waals surface area (Å²) >= 11 is 1.62. The van der Waals surface area contributed by atoms with Gasteiger partial charge < -0.3 is 5.11 Å². The van der Waals surface area contributed by atoms with Gasteiger partial charge in [0.05, 0.1) is 4.90 Å². The second-order valence-electron chi connectivity index (χ2n) is 4.29. The Balaban J connectivity index is 2.78. The molecule has 1 N–H and O–H groups in total. The van der Waals surface area contributed by atoms with Crippen molar-refractivity contribution in [1.29, 1.82) is 0 Å². The minimum Gasteiger partial charge on any atom is -0.396 e. The molecule has 0 aromatic heterocycles. The molecule has 0 heterocycles. The van der Waals surface area contributed by atoms with Gasteiger partial charge in [-0.1, -0.05) is 12.1 Å². The number of aliphatic hydroxyl groups excluding tert-OH is 1. The smallest absolute Gasteiger partial charge is 0.242 e. The van der Waals surface area contributed by atoms with Crippen molar-refractivity contribution in [2.75, 3.05) is 32.2 Å². The number of aryl methyl sites for hydroxylation is 1. The zero-order chi connectivity index (χ0) is 14.3. The van der Waals surface area contributed by atoms with Gasteiger partial charge in [0.1, 0.15) is 0 Å². The largest absolute Gasteiger partial charge is 0.396 e. The molecular formula is C13H21NO3S2. The van der Waals surface area contributed by atoms with Crippen molar-refractivity contribution in [1.82, 2.24) is 4.31 Å². The molecule has 6 heteroatoms. The van der Waals surface area contributed by atoms with Gasteiger partial charge in [0, 0.05) is 26.0 Å². The van der Waals surface area contributed by atoms with Gasteiger partial charge in [0.2, 0.25) is 10.0 Å². The van der Waals surface area contributed by atoms with Crippen molar-refractivity contribution in [3.05, 3.63) is 29.8 Å². The van der Waals surface area contributed by atoms with Crippen LogP contribution in [0, 0.1) is 0 Å². The van der Waals surface area contributed by atoms with Gasteiger partial charge in [-0.25, -0.2) is 12.7 Å². The van der Waals surface area contributed by atoms with Gasteiger partial charge in [-0.3, -0.25) is 0 Å². The molecule has 1 aromatic rings. The van der Waals surface area contributed by atoms with E-state index in [-0.39, 0.29) is 6.61 Å². The molecule has 0 atom stereocenters. The molecule has 0 aliphatic heterocycles. The van der Waals surface area contributed by atoms with E-state index in [2.05, 4.69) is 0 Å². The highest BCUT2D eigenvalue weighted by Crippen LogP contribution is 2.16. The summed E-state index contributed by atoms with van der Waals surface area (Å²) < 4.78 is 25.9. The molecule has 19 heavy (non-hydrogen) atoms. The Morgan fingerprint density at radius 3 is 2.42 bits per heavy atom. The highest BCUT2D eigenvalue weighted by atomic mass is 32.2. The number of aliphatic hydroxyl groups is 1. The maximum Gasteiger partial charge on any atom is 0.242 e. The maximum absolute atomic E-state index is 12.2. The van der Waals surface area contributed by atoms with Gasteiger partial charge in [0.15, 0.2) is 0 Å². The molecular weight excluding hydrogens is 282 g/mol. The van der Waals surface area contributed by atoms with Crippen LogP contribution in [0.3, 0.4) is 0 Å². The average molecular weight is 303 g/mol. The van der Waals surface area contributed by atoms with Crippen LogP contribution in [0.25, 0.3) is 0 Å². The molecule has 0 bridgehead atoms. The van der Waals surface area contributed by atoms with E-state index in [9.17, 15) is 8.42 Å². The lowest BCUT2D eigenvalue weighted by Crippen LogP contribution is -2.29. The van der Waals surface area contributed by atoms with E-state index < -0.39 is 10.0 Å². The minimum absolute atomic E-state index is 0.150. The van der Waals surface area contributed by atoms with Crippen molar-refractivity contribution in [2.24, 2.45) is 0 Å². The standard InChI is InChI=1S/C13H21NO3S2/c1-14(9-11-18-2)19(16,17)13-7-5-12(6-8-13)4-3-10-15/h5-8,15H,3-4,9-11H2,1-2H3. The number of thioether (sulfide) groups is 1. The first-order valence-electron chi connectivity index (χ1n) is 6.17. The fourth-order valence-electron chi connectivity index (χ4n) is 1.63. The molecule has 1 rings (SSSR count). The average Bonchev–Trinajstić information content (AvgIpc) is 2.42. The second-order valence-corrected chi connectivity index (χ2v) is 7.32. The molecule has 0 aliphatic rings. The second kappa shape index (κ2) is 7.89. The predicted molar refractivity (Wildman–Crippen MR) is 80.0 cm³/mol. The predicted octanol–water partition coefficient (Wildman–Crippen LogP) is 1.59. The van der Waals surface area contributed by atoms with Crippen LogP contribution < -0.4 is 0 Å². The molecule has 0 saturated heterocycles. The molecule has 0 spiro atoms. The van der Waals surface area contributed by atoms with Crippen LogP contribution in [0.2, 0.25) is 0 Å². The van der Waals surface area contributed by atoms with Crippen molar-refractivity contribution >= 4 is 21.8 Å². The lowest BCUT2D eigenvalue weighted by molar-refractivity contribution is 0.288. The summed E-state index contributed by atoms with van der Waals surface area (Å²) in [5, 5.41) is 8.76. The molecule has 0 fully saturated rings. The maximum atomic E-state index is 12.2. The third kappa shape index (κ3) is 4.80. The van der Waals surface area contributed by atoms with Crippen LogP contribution in [0.5, 0.6) is 0 Å². The highest BCUT2D eigenvalue weighted by molar-refractivity contribution is 7.98. The van der Waals surface area contributed by atoms with Crippen LogP contribution in [0.15, 0.2) is 29.2 Å². The third-order valence-electron chi connectivity index (χ3n) is 2.87. The summed E-state index contributed by atoms with van der Waals surface area (Å²) in [4.78, 5) is 0.323. The summed E-state index contributed by atoms with van der Waals surface area (Å²) in [6.45, 7) is 0.660.